The van der Waals surface area contributed by atoms with Crippen molar-refractivity contribution in [3.05, 3.63) is 51.1 Å². The Balaban J connectivity index is 1.73. The number of aryl methyl sites for hydroxylation is 2. The highest BCUT2D eigenvalue weighted by Crippen LogP contribution is 2.36. The molecule has 0 saturated carbocycles. The SMILES string of the molecule is Cc1cc([N+](=O)[O-])sc1N1CCN(c2cccc(C)c2C)CC1. The molecule has 23 heavy (non-hydrogen) atoms. The number of piperazine rings is 1. The van der Waals surface area contributed by atoms with Crippen molar-refractivity contribution >= 4 is 27.0 Å². The molecule has 3 rings (SSSR count). The van der Waals surface area contributed by atoms with Crippen LogP contribution >= 0.6 is 11.3 Å². The quantitative estimate of drug-likeness (QED) is 0.632. The molecular formula is C17H21N3O2S. The van der Waals surface area contributed by atoms with E-state index in [1.54, 1.807) is 6.07 Å². The van der Waals surface area contributed by atoms with Gasteiger partial charge in [-0.05, 0) is 54.9 Å². The highest BCUT2D eigenvalue weighted by atomic mass is 32.1. The van der Waals surface area contributed by atoms with Crippen molar-refractivity contribution in [3.63, 3.8) is 0 Å². The molecule has 0 unspecified atom stereocenters. The Morgan fingerprint density at radius 3 is 2.30 bits per heavy atom. The minimum Gasteiger partial charge on any atom is -0.368 e. The molecule has 1 saturated heterocycles. The number of thiophene rings is 1. The van der Waals surface area contributed by atoms with E-state index in [4.69, 9.17) is 0 Å². The maximum atomic E-state index is 10.9. The third-order valence-electron chi connectivity index (χ3n) is 4.54. The predicted molar refractivity (Wildman–Crippen MR) is 96.1 cm³/mol. The smallest absolute Gasteiger partial charge is 0.326 e. The molecule has 0 aliphatic carbocycles. The van der Waals surface area contributed by atoms with Gasteiger partial charge in [0.05, 0.1) is 4.92 Å². The van der Waals surface area contributed by atoms with Crippen molar-refractivity contribution in [1.82, 2.24) is 0 Å². The van der Waals surface area contributed by atoms with Gasteiger partial charge >= 0.3 is 5.00 Å². The Bertz CT molecular complexity index is 733. The van der Waals surface area contributed by atoms with E-state index in [-0.39, 0.29) is 9.92 Å². The van der Waals surface area contributed by atoms with Crippen LogP contribution in [0.5, 0.6) is 0 Å². The Morgan fingerprint density at radius 1 is 1.04 bits per heavy atom. The number of nitrogens with zero attached hydrogens (tertiary/aromatic N) is 3. The molecule has 2 aromatic rings. The zero-order valence-electron chi connectivity index (χ0n) is 13.7. The van der Waals surface area contributed by atoms with Gasteiger partial charge in [-0.25, -0.2) is 0 Å². The second-order valence-corrected chi connectivity index (χ2v) is 7.03. The number of anilines is 2. The van der Waals surface area contributed by atoms with Crippen LogP contribution in [0.15, 0.2) is 24.3 Å². The Kier molecular flexibility index (Phi) is 4.26. The van der Waals surface area contributed by atoms with Crippen LogP contribution < -0.4 is 9.80 Å². The van der Waals surface area contributed by atoms with Gasteiger partial charge < -0.3 is 9.80 Å². The van der Waals surface area contributed by atoms with Crippen molar-refractivity contribution in [2.75, 3.05) is 36.0 Å². The fraction of sp³-hybridized carbons (Fsp3) is 0.412. The molecule has 6 heteroatoms. The van der Waals surface area contributed by atoms with Gasteiger partial charge in [0.1, 0.15) is 5.00 Å². The van der Waals surface area contributed by atoms with Crippen LogP contribution in [0.1, 0.15) is 16.7 Å². The molecule has 1 aliphatic rings. The van der Waals surface area contributed by atoms with Crippen molar-refractivity contribution < 1.29 is 4.92 Å². The van der Waals surface area contributed by atoms with Crippen molar-refractivity contribution in [2.24, 2.45) is 0 Å². The number of rotatable bonds is 3. The lowest BCUT2D eigenvalue weighted by atomic mass is 10.1. The lowest BCUT2D eigenvalue weighted by Crippen LogP contribution is -2.46. The standard InChI is InChI=1S/C17H21N3O2S/c1-12-5-4-6-15(14(12)3)18-7-9-19(10-8-18)17-13(2)11-16(23-17)20(21)22/h4-6,11H,7-10H2,1-3H3. The molecule has 122 valence electrons. The third kappa shape index (κ3) is 3.03. The van der Waals surface area contributed by atoms with E-state index in [9.17, 15) is 10.1 Å². The summed E-state index contributed by atoms with van der Waals surface area (Å²) in [7, 11) is 0. The minimum absolute atomic E-state index is 0.231. The molecule has 5 nitrogen and oxygen atoms in total. The molecule has 0 amide bonds. The van der Waals surface area contributed by atoms with Gasteiger partial charge in [-0.1, -0.05) is 12.1 Å². The Hall–Kier alpha value is -2.08. The molecule has 0 radical (unpaired) electrons. The van der Waals surface area contributed by atoms with Gasteiger partial charge in [0.2, 0.25) is 0 Å². The largest absolute Gasteiger partial charge is 0.368 e. The Morgan fingerprint density at radius 2 is 1.70 bits per heavy atom. The predicted octanol–water partition coefficient (Wildman–Crippen LogP) is 3.91. The van der Waals surface area contributed by atoms with Gasteiger partial charge in [-0.15, -0.1) is 0 Å². The molecule has 1 aromatic carbocycles. The molecule has 0 N–H and O–H groups in total. The van der Waals surface area contributed by atoms with Crippen molar-refractivity contribution in [3.8, 4) is 0 Å². The summed E-state index contributed by atoms with van der Waals surface area (Å²) in [6.07, 6.45) is 0. The van der Waals surface area contributed by atoms with Gasteiger partial charge in [0.15, 0.2) is 0 Å². The number of hydrogen-bond acceptors (Lipinski definition) is 5. The average Bonchev–Trinajstić information content (AvgIpc) is 2.92. The first-order chi connectivity index (χ1) is 11.0. The summed E-state index contributed by atoms with van der Waals surface area (Å²) in [6.45, 7) is 9.94. The van der Waals surface area contributed by atoms with Gasteiger partial charge in [-0.3, -0.25) is 10.1 Å². The van der Waals surface area contributed by atoms with E-state index in [0.717, 1.165) is 36.7 Å². The summed E-state index contributed by atoms with van der Waals surface area (Å²) in [5.41, 5.74) is 4.96. The van der Waals surface area contributed by atoms with Gasteiger partial charge in [-0.2, -0.15) is 0 Å². The summed E-state index contributed by atoms with van der Waals surface area (Å²) < 4.78 is 0. The third-order valence-corrected chi connectivity index (χ3v) is 5.79. The molecule has 1 aromatic heterocycles. The molecule has 0 atom stereocenters. The summed E-state index contributed by atoms with van der Waals surface area (Å²) in [5, 5.41) is 12.2. The minimum atomic E-state index is -0.298. The van der Waals surface area contributed by atoms with Crippen molar-refractivity contribution in [2.45, 2.75) is 20.8 Å². The highest BCUT2D eigenvalue weighted by molar-refractivity contribution is 7.19. The van der Waals surface area contributed by atoms with E-state index in [2.05, 4.69) is 41.8 Å². The first kappa shape index (κ1) is 15.8. The van der Waals surface area contributed by atoms with Crippen LogP contribution in [-0.4, -0.2) is 31.1 Å². The lowest BCUT2D eigenvalue weighted by molar-refractivity contribution is -0.380. The normalized spacial score (nSPS) is 15.1. The zero-order valence-corrected chi connectivity index (χ0v) is 14.5. The van der Waals surface area contributed by atoms with E-state index in [0.29, 0.717) is 0 Å². The summed E-state index contributed by atoms with van der Waals surface area (Å²) in [5.74, 6) is 0. The topological polar surface area (TPSA) is 49.6 Å². The molecule has 1 fully saturated rings. The average molecular weight is 331 g/mol. The van der Waals surface area contributed by atoms with Crippen molar-refractivity contribution in [1.29, 1.82) is 0 Å². The van der Waals surface area contributed by atoms with Crippen LogP contribution in [0.25, 0.3) is 0 Å². The molecule has 0 bridgehead atoms. The van der Waals surface area contributed by atoms with Crippen LogP contribution in [0.2, 0.25) is 0 Å². The molecule has 0 spiro atoms. The van der Waals surface area contributed by atoms with Crippen LogP contribution in [-0.2, 0) is 0 Å². The van der Waals surface area contributed by atoms with E-state index in [1.807, 2.05) is 6.92 Å². The van der Waals surface area contributed by atoms with Crippen LogP contribution in [0.3, 0.4) is 0 Å². The number of benzene rings is 1. The summed E-state index contributed by atoms with van der Waals surface area (Å²) >= 11 is 1.29. The van der Waals surface area contributed by atoms with Crippen LogP contribution in [0.4, 0.5) is 15.7 Å². The molecule has 2 heterocycles. The fourth-order valence-electron chi connectivity index (χ4n) is 3.09. The monoisotopic (exact) mass is 331 g/mol. The van der Waals surface area contributed by atoms with Gasteiger partial charge in [0.25, 0.3) is 0 Å². The second-order valence-electron chi connectivity index (χ2n) is 6.02. The van der Waals surface area contributed by atoms with Gasteiger partial charge in [0, 0.05) is 37.9 Å². The van der Waals surface area contributed by atoms with E-state index >= 15 is 0 Å². The van der Waals surface area contributed by atoms with E-state index < -0.39 is 0 Å². The molecule has 1 aliphatic heterocycles. The Labute approximate surface area is 140 Å². The van der Waals surface area contributed by atoms with E-state index in [1.165, 1.54) is 28.2 Å². The maximum absolute atomic E-state index is 10.9. The first-order valence-corrected chi connectivity index (χ1v) is 8.60. The fourth-order valence-corrected chi connectivity index (χ4v) is 4.13. The second kappa shape index (κ2) is 6.20. The zero-order chi connectivity index (χ0) is 16.6. The molecular weight excluding hydrogens is 310 g/mol. The maximum Gasteiger partial charge on any atom is 0.326 e. The van der Waals surface area contributed by atoms with Crippen LogP contribution in [0, 0.1) is 30.9 Å². The summed E-state index contributed by atoms with van der Waals surface area (Å²) in [6, 6.07) is 8.11. The first-order valence-electron chi connectivity index (χ1n) is 7.78. The lowest BCUT2D eigenvalue weighted by Gasteiger charge is -2.37. The summed E-state index contributed by atoms with van der Waals surface area (Å²) in [4.78, 5) is 15.3. The number of hydrogen-bond donors (Lipinski definition) is 0. The highest BCUT2D eigenvalue weighted by Gasteiger charge is 2.23. The number of nitro groups is 1.